The van der Waals surface area contributed by atoms with Crippen molar-refractivity contribution in [2.24, 2.45) is 0 Å². The Balaban J connectivity index is 1.35. The molecule has 0 aliphatic carbocycles. The van der Waals surface area contributed by atoms with Gasteiger partial charge < -0.3 is 19.2 Å². The number of benzene rings is 1. The molecule has 1 aromatic carbocycles. The van der Waals surface area contributed by atoms with Gasteiger partial charge in [-0.15, -0.1) is 0 Å². The summed E-state index contributed by atoms with van der Waals surface area (Å²) in [5.74, 6) is 1.34. The van der Waals surface area contributed by atoms with Gasteiger partial charge in [-0.1, -0.05) is 23.4 Å². The summed E-state index contributed by atoms with van der Waals surface area (Å²) in [6, 6.07) is 11.3. The van der Waals surface area contributed by atoms with Crippen LogP contribution in [0, 0.1) is 27.7 Å². The van der Waals surface area contributed by atoms with Crippen LogP contribution in [0.25, 0.3) is 22.4 Å². The maximum absolute atomic E-state index is 13.7. The lowest BCUT2D eigenvalue weighted by atomic mass is 10.0. The van der Waals surface area contributed by atoms with Gasteiger partial charge in [0.05, 0.1) is 22.3 Å². The number of fused-ring (bicyclic) bond motifs is 1. The summed E-state index contributed by atoms with van der Waals surface area (Å²) in [7, 11) is 0. The number of furan rings is 1. The second kappa shape index (κ2) is 9.02. The molecule has 0 unspecified atom stereocenters. The van der Waals surface area contributed by atoms with Crippen molar-refractivity contribution in [3.63, 3.8) is 0 Å². The fraction of sp³-hybridized carbons (Fsp3) is 0.333. The van der Waals surface area contributed by atoms with E-state index in [9.17, 15) is 9.59 Å². The van der Waals surface area contributed by atoms with Crippen LogP contribution in [0.5, 0.6) is 0 Å². The first-order valence-corrected chi connectivity index (χ1v) is 11.8. The molecule has 1 aliphatic rings. The van der Waals surface area contributed by atoms with E-state index in [-0.39, 0.29) is 17.9 Å². The molecule has 0 atom stereocenters. The monoisotopic (exact) mass is 472 g/mol. The van der Waals surface area contributed by atoms with Crippen molar-refractivity contribution in [1.29, 1.82) is 0 Å². The number of rotatable bonds is 4. The average molecular weight is 473 g/mol. The van der Waals surface area contributed by atoms with Gasteiger partial charge in [0, 0.05) is 30.3 Å². The molecule has 1 aliphatic heterocycles. The number of aryl methyl sites for hydroxylation is 4. The molecule has 35 heavy (non-hydrogen) atoms. The summed E-state index contributed by atoms with van der Waals surface area (Å²) < 4.78 is 11.1. The number of carbonyl (C=O) groups excluding carboxylic acids is 2. The molecule has 4 heterocycles. The van der Waals surface area contributed by atoms with Gasteiger partial charge in [0.1, 0.15) is 11.5 Å². The molecule has 3 aromatic heterocycles. The molecule has 0 radical (unpaired) electrons. The Morgan fingerprint density at radius 1 is 1.03 bits per heavy atom. The van der Waals surface area contributed by atoms with Crippen LogP contribution in [0.4, 0.5) is 0 Å². The fourth-order valence-electron chi connectivity index (χ4n) is 4.77. The summed E-state index contributed by atoms with van der Waals surface area (Å²) in [4.78, 5) is 32.8. The quantitative estimate of drug-likeness (QED) is 0.460. The Morgan fingerprint density at radius 3 is 2.46 bits per heavy atom. The average Bonchev–Trinajstić information content (AvgIpc) is 3.39. The van der Waals surface area contributed by atoms with E-state index in [0.29, 0.717) is 59.5 Å². The Bertz CT molecular complexity index is 1430. The number of nitrogens with one attached hydrogen (secondary N) is 1. The first-order valence-electron chi connectivity index (χ1n) is 11.8. The molecule has 0 bridgehead atoms. The molecule has 1 N–H and O–H groups in total. The highest BCUT2D eigenvalue weighted by Crippen LogP contribution is 2.31. The van der Waals surface area contributed by atoms with Crippen molar-refractivity contribution >= 4 is 22.9 Å². The third kappa shape index (κ3) is 4.32. The third-order valence-electron chi connectivity index (χ3n) is 6.67. The van der Waals surface area contributed by atoms with Crippen LogP contribution in [0.2, 0.25) is 0 Å². The number of hydrogen-bond donors (Lipinski definition) is 1. The highest BCUT2D eigenvalue weighted by Gasteiger charge is 2.28. The molecule has 0 spiro atoms. The van der Waals surface area contributed by atoms with E-state index in [1.165, 1.54) is 0 Å². The lowest BCUT2D eigenvalue weighted by Crippen LogP contribution is -2.46. The molecule has 0 saturated carbocycles. The van der Waals surface area contributed by atoms with Crippen molar-refractivity contribution in [2.75, 3.05) is 13.1 Å². The predicted molar refractivity (Wildman–Crippen MR) is 131 cm³/mol. The summed E-state index contributed by atoms with van der Waals surface area (Å²) in [5, 5.41) is 7.81. The minimum absolute atomic E-state index is 0.0214. The van der Waals surface area contributed by atoms with E-state index in [0.717, 1.165) is 22.6 Å². The highest BCUT2D eigenvalue weighted by atomic mass is 16.5. The second-order valence-corrected chi connectivity index (χ2v) is 9.18. The SMILES string of the molecule is Cc1cc(-c2cc(C(=O)N3CCC(NC(=O)c4ccccc4C)CC3)c3c(C)noc3n2)c(C)o1. The predicted octanol–water partition coefficient (Wildman–Crippen LogP) is 4.75. The maximum atomic E-state index is 13.7. The van der Waals surface area contributed by atoms with Gasteiger partial charge in [-0.25, -0.2) is 4.98 Å². The topological polar surface area (TPSA) is 101 Å². The van der Waals surface area contributed by atoms with Crippen LogP contribution < -0.4 is 5.32 Å². The van der Waals surface area contributed by atoms with Crippen molar-refractivity contribution in [2.45, 2.75) is 46.6 Å². The molecule has 5 rings (SSSR count). The molecule has 8 heteroatoms. The standard InChI is InChI=1S/C27H28N4O4/c1-15-7-5-6-8-20(15)25(32)28-19-9-11-31(12-10-19)27(33)22-14-23(21-13-16(2)34-18(21)4)29-26-24(22)17(3)30-35-26/h5-8,13-14,19H,9-12H2,1-4H3,(H,28,32). The number of piperidine rings is 1. The van der Waals surface area contributed by atoms with Crippen molar-refractivity contribution in [3.05, 3.63) is 70.3 Å². The molecule has 180 valence electrons. The van der Waals surface area contributed by atoms with E-state index >= 15 is 0 Å². The lowest BCUT2D eigenvalue weighted by molar-refractivity contribution is 0.0700. The van der Waals surface area contributed by atoms with Crippen LogP contribution >= 0.6 is 0 Å². The van der Waals surface area contributed by atoms with Crippen LogP contribution in [0.1, 0.15) is 56.3 Å². The van der Waals surface area contributed by atoms with Gasteiger partial charge in [-0.3, -0.25) is 9.59 Å². The number of hydrogen-bond acceptors (Lipinski definition) is 6. The minimum atomic E-state index is -0.0912. The zero-order valence-corrected chi connectivity index (χ0v) is 20.3. The molecular weight excluding hydrogens is 444 g/mol. The molecule has 8 nitrogen and oxygen atoms in total. The molecule has 2 amide bonds. The third-order valence-corrected chi connectivity index (χ3v) is 6.67. The first-order chi connectivity index (χ1) is 16.8. The Hall–Kier alpha value is -3.94. The normalized spacial score (nSPS) is 14.5. The summed E-state index contributed by atoms with van der Waals surface area (Å²) in [6.45, 7) is 8.58. The van der Waals surface area contributed by atoms with Crippen molar-refractivity contribution < 1.29 is 18.5 Å². The Kier molecular flexibility index (Phi) is 5.88. The van der Waals surface area contributed by atoms with Crippen LogP contribution in [-0.2, 0) is 0 Å². The zero-order valence-electron chi connectivity index (χ0n) is 20.3. The number of pyridine rings is 1. The Labute approximate surface area is 203 Å². The van der Waals surface area contributed by atoms with Gasteiger partial charge in [0.2, 0.25) is 0 Å². The van der Waals surface area contributed by atoms with E-state index in [1.54, 1.807) is 6.07 Å². The Morgan fingerprint density at radius 2 is 1.77 bits per heavy atom. The molecule has 1 fully saturated rings. The highest BCUT2D eigenvalue weighted by molar-refractivity contribution is 6.07. The van der Waals surface area contributed by atoms with E-state index in [2.05, 4.69) is 15.5 Å². The second-order valence-electron chi connectivity index (χ2n) is 9.18. The summed E-state index contributed by atoms with van der Waals surface area (Å²) in [6.07, 6.45) is 1.38. The number of nitrogens with zero attached hydrogens (tertiary/aromatic N) is 3. The maximum Gasteiger partial charge on any atom is 0.259 e. The van der Waals surface area contributed by atoms with Gasteiger partial charge in [0.15, 0.2) is 0 Å². The largest absolute Gasteiger partial charge is 0.466 e. The fourth-order valence-corrected chi connectivity index (χ4v) is 4.77. The molecular formula is C27H28N4O4. The van der Waals surface area contributed by atoms with E-state index in [4.69, 9.17) is 8.94 Å². The number of amides is 2. The van der Waals surface area contributed by atoms with Crippen LogP contribution in [-0.4, -0.2) is 46.0 Å². The first kappa shape index (κ1) is 22.8. The number of aromatic nitrogens is 2. The number of likely N-dealkylation sites (tertiary alicyclic amines) is 1. The van der Waals surface area contributed by atoms with Crippen LogP contribution in [0.15, 0.2) is 45.3 Å². The van der Waals surface area contributed by atoms with E-state index < -0.39 is 0 Å². The van der Waals surface area contributed by atoms with Gasteiger partial charge in [-0.05, 0) is 64.3 Å². The van der Waals surface area contributed by atoms with Gasteiger partial charge in [0.25, 0.3) is 17.5 Å². The molecule has 1 saturated heterocycles. The minimum Gasteiger partial charge on any atom is -0.466 e. The van der Waals surface area contributed by atoms with Gasteiger partial charge >= 0.3 is 0 Å². The smallest absolute Gasteiger partial charge is 0.259 e. The van der Waals surface area contributed by atoms with Crippen LogP contribution in [0.3, 0.4) is 0 Å². The number of carbonyl (C=O) groups is 2. The lowest BCUT2D eigenvalue weighted by Gasteiger charge is -2.32. The van der Waals surface area contributed by atoms with E-state index in [1.807, 2.05) is 62.9 Å². The van der Waals surface area contributed by atoms with Gasteiger partial charge in [-0.2, -0.15) is 0 Å². The summed E-state index contributed by atoms with van der Waals surface area (Å²) in [5.41, 5.74) is 4.55. The zero-order chi connectivity index (χ0) is 24.7. The van der Waals surface area contributed by atoms with Crippen molar-refractivity contribution in [3.8, 4) is 11.3 Å². The summed E-state index contributed by atoms with van der Waals surface area (Å²) >= 11 is 0. The van der Waals surface area contributed by atoms with Crippen molar-refractivity contribution in [1.82, 2.24) is 20.4 Å². The molecule has 4 aromatic rings.